The van der Waals surface area contributed by atoms with Crippen molar-refractivity contribution in [2.45, 2.75) is 58.5 Å². The second-order valence-electron chi connectivity index (χ2n) is 5.99. The molecule has 0 amide bonds. The largest absolute Gasteiger partial charge is 0.389 e. The van der Waals surface area contributed by atoms with Crippen LogP contribution in [0, 0.1) is 5.92 Å². The van der Waals surface area contributed by atoms with Gasteiger partial charge in [0.25, 0.3) is 0 Å². The average Bonchev–Trinajstić information content (AvgIpc) is 2.35. The van der Waals surface area contributed by atoms with Crippen LogP contribution in [0.15, 0.2) is 12.3 Å². The van der Waals surface area contributed by atoms with Gasteiger partial charge in [0.15, 0.2) is 0 Å². The number of nitrogens with zero attached hydrogens (tertiary/aromatic N) is 1. The Bertz CT molecular complexity index is 271. The number of nitrogens with one attached hydrogen (secondary N) is 1. The Hall–Kier alpha value is -0.540. The summed E-state index contributed by atoms with van der Waals surface area (Å²) in [5, 5.41) is 15.0. The van der Waals surface area contributed by atoms with Gasteiger partial charge in [-0.05, 0) is 40.5 Å². The zero-order chi connectivity index (χ0) is 12.6. The minimum atomic E-state index is -0.249. The van der Waals surface area contributed by atoms with Gasteiger partial charge in [0.05, 0.1) is 0 Å². The fraction of sp³-hybridized carbons (Fsp3) is 0.846. The summed E-state index contributed by atoms with van der Waals surface area (Å²) < 4.78 is 0. The summed E-state index contributed by atoms with van der Waals surface area (Å²) >= 11 is 0. The molecular weight excluding hydrogens is 200 g/mol. The Morgan fingerprint density at radius 1 is 1.44 bits per heavy atom. The lowest BCUT2D eigenvalue weighted by Gasteiger charge is -2.36. The maximum Gasteiger partial charge on any atom is 0.0493 e. The highest BCUT2D eigenvalue weighted by Gasteiger charge is 2.52. The molecule has 16 heavy (non-hydrogen) atoms. The fourth-order valence-corrected chi connectivity index (χ4v) is 2.72. The highest BCUT2D eigenvalue weighted by Crippen LogP contribution is 2.45. The van der Waals surface area contributed by atoms with Gasteiger partial charge in [-0.2, -0.15) is 5.06 Å². The van der Waals surface area contributed by atoms with E-state index in [0.29, 0.717) is 5.92 Å². The van der Waals surface area contributed by atoms with Gasteiger partial charge in [0, 0.05) is 29.2 Å². The molecule has 0 aromatic rings. The molecular formula is C13H26N2O. The summed E-state index contributed by atoms with van der Waals surface area (Å²) in [4.78, 5) is 0. The Balaban J connectivity index is 2.79. The summed E-state index contributed by atoms with van der Waals surface area (Å²) in [6.07, 6.45) is 2.03. The van der Waals surface area contributed by atoms with Crippen LogP contribution in [-0.4, -0.2) is 27.9 Å². The second kappa shape index (κ2) is 4.38. The van der Waals surface area contributed by atoms with Crippen LogP contribution in [0.4, 0.5) is 0 Å². The third kappa shape index (κ3) is 2.25. The highest BCUT2D eigenvalue weighted by atomic mass is 16.5. The third-order valence-electron chi connectivity index (χ3n) is 3.70. The molecule has 1 unspecified atom stereocenters. The van der Waals surface area contributed by atoms with E-state index in [4.69, 9.17) is 0 Å². The summed E-state index contributed by atoms with van der Waals surface area (Å²) in [7, 11) is 0. The van der Waals surface area contributed by atoms with Crippen molar-refractivity contribution in [1.29, 1.82) is 0 Å². The number of rotatable bonds is 4. The summed E-state index contributed by atoms with van der Waals surface area (Å²) in [5.74, 6) is 0.291. The molecule has 0 saturated carbocycles. The first-order valence-electron chi connectivity index (χ1n) is 6.15. The van der Waals surface area contributed by atoms with Crippen LogP contribution >= 0.6 is 0 Å². The van der Waals surface area contributed by atoms with Crippen LogP contribution in [-0.2, 0) is 0 Å². The normalized spacial score (nSPS) is 28.0. The minimum Gasteiger partial charge on any atom is -0.389 e. The summed E-state index contributed by atoms with van der Waals surface area (Å²) in [6, 6.07) is 0. The lowest BCUT2D eigenvalue weighted by Crippen LogP contribution is -2.48. The molecule has 0 bridgehead atoms. The minimum absolute atomic E-state index is 0.176. The van der Waals surface area contributed by atoms with E-state index in [-0.39, 0.29) is 11.1 Å². The van der Waals surface area contributed by atoms with Gasteiger partial charge in [0.1, 0.15) is 0 Å². The van der Waals surface area contributed by atoms with Crippen molar-refractivity contribution in [3.8, 4) is 0 Å². The standard InChI is InChI=1S/C13H26N2O/c1-7-8-14-10(2)11-9-12(3,4)15(16)13(11,5)6/h11,14,16H,2,7-9H2,1,3-6H3. The molecule has 2 N–H and O–H groups in total. The highest BCUT2D eigenvalue weighted by molar-refractivity contribution is 5.14. The van der Waals surface area contributed by atoms with E-state index >= 15 is 0 Å². The van der Waals surface area contributed by atoms with Crippen LogP contribution in [0.2, 0.25) is 0 Å². The van der Waals surface area contributed by atoms with E-state index in [9.17, 15) is 5.21 Å². The van der Waals surface area contributed by atoms with E-state index in [0.717, 1.165) is 25.1 Å². The van der Waals surface area contributed by atoms with Gasteiger partial charge in [-0.15, -0.1) is 0 Å². The lowest BCUT2D eigenvalue weighted by atomic mass is 9.85. The lowest BCUT2D eigenvalue weighted by molar-refractivity contribution is -0.195. The summed E-state index contributed by atoms with van der Waals surface area (Å²) in [6.45, 7) is 15.5. The Labute approximate surface area is 99.5 Å². The SMILES string of the molecule is C=C(NCCC)C1CC(C)(C)N(O)C1(C)C. The first-order valence-corrected chi connectivity index (χ1v) is 6.15. The van der Waals surface area contributed by atoms with E-state index in [2.05, 4.69) is 46.5 Å². The topological polar surface area (TPSA) is 35.5 Å². The van der Waals surface area contributed by atoms with Gasteiger partial charge < -0.3 is 10.5 Å². The Kier molecular flexibility index (Phi) is 3.70. The van der Waals surface area contributed by atoms with Crippen molar-refractivity contribution in [2.75, 3.05) is 6.54 Å². The van der Waals surface area contributed by atoms with E-state index in [1.54, 1.807) is 0 Å². The van der Waals surface area contributed by atoms with Crippen molar-refractivity contribution in [3.05, 3.63) is 12.3 Å². The third-order valence-corrected chi connectivity index (χ3v) is 3.70. The molecule has 0 spiro atoms. The molecule has 0 aliphatic carbocycles. The fourth-order valence-electron chi connectivity index (χ4n) is 2.72. The zero-order valence-corrected chi connectivity index (χ0v) is 11.3. The average molecular weight is 226 g/mol. The predicted molar refractivity (Wildman–Crippen MR) is 67.3 cm³/mol. The van der Waals surface area contributed by atoms with Crippen molar-refractivity contribution in [1.82, 2.24) is 10.4 Å². The molecule has 94 valence electrons. The molecule has 1 saturated heterocycles. The number of hydrogen-bond donors (Lipinski definition) is 2. The zero-order valence-electron chi connectivity index (χ0n) is 11.3. The Morgan fingerprint density at radius 2 is 2.00 bits per heavy atom. The van der Waals surface area contributed by atoms with Gasteiger partial charge in [-0.3, -0.25) is 0 Å². The van der Waals surface area contributed by atoms with Crippen LogP contribution in [0.25, 0.3) is 0 Å². The number of hydrogen-bond acceptors (Lipinski definition) is 3. The molecule has 3 heteroatoms. The van der Waals surface area contributed by atoms with Gasteiger partial charge >= 0.3 is 0 Å². The van der Waals surface area contributed by atoms with Crippen molar-refractivity contribution in [3.63, 3.8) is 0 Å². The first-order chi connectivity index (χ1) is 7.23. The molecule has 1 rings (SSSR count). The van der Waals surface area contributed by atoms with Crippen LogP contribution in [0.1, 0.15) is 47.5 Å². The van der Waals surface area contributed by atoms with Crippen LogP contribution in [0.3, 0.4) is 0 Å². The smallest absolute Gasteiger partial charge is 0.0493 e. The quantitative estimate of drug-likeness (QED) is 0.773. The van der Waals surface area contributed by atoms with Crippen molar-refractivity contribution in [2.24, 2.45) is 5.92 Å². The van der Waals surface area contributed by atoms with E-state index < -0.39 is 0 Å². The monoisotopic (exact) mass is 226 g/mol. The second-order valence-corrected chi connectivity index (χ2v) is 5.99. The van der Waals surface area contributed by atoms with Gasteiger partial charge in [-0.25, -0.2) is 0 Å². The molecule has 1 aliphatic rings. The maximum absolute atomic E-state index is 10.2. The maximum atomic E-state index is 10.2. The molecule has 1 fully saturated rings. The molecule has 1 atom stereocenters. The Morgan fingerprint density at radius 3 is 2.38 bits per heavy atom. The van der Waals surface area contributed by atoms with Gasteiger partial charge in [-0.1, -0.05) is 13.5 Å². The van der Waals surface area contributed by atoms with Crippen molar-refractivity contribution < 1.29 is 5.21 Å². The van der Waals surface area contributed by atoms with Crippen LogP contribution in [0.5, 0.6) is 0 Å². The molecule has 0 aromatic heterocycles. The molecule has 1 heterocycles. The summed E-state index contributed by atoms with van der Waals surface area (Å²) in [5.41, 5.74) is 0.628. The van der Waals surface area contributed by atoms with E-state index in [1.165, 1.54) is 5.06 Å². The van der Waals surface area contributed by atoms with Crippen molar-refractivity contribution >= 4 is 0 Å². The van der Waals surface area contributed by atoms with E-state index in [1.807, 2.05) is 0 Å². The molecule has 0 aromatic carbocycles. The first kappa shape index (κ1) is 13.5. The molecule has 0 radical (unpaired) electrons. The van der Waals surface area contributed by atoms with Crippen LogP contribution < -0.4 is 5.32 Å². The van der Waals surface area contributed by atoms with Gasteiger partial charge in [0.2, 0.25) is 0 Å². The molecule has 3 nitrogen and oxygen atoms in total. The predicted octanol–water partition coefficient (Wildman–Crippen LogP) is 2.77. The number of hydroxylamine groups is 2. The molecule has 1 aliphatic heterocycles.